The van der Waals surface area contributed by atoms with Crippen molar-refractivity contribution in [3.05, 3.63) is 34.9 Å². The van der Waals surface area contributed by atoms with Gasteiger partial charge in [-0.1, -0.05) is 0 Å². The van der Waals surface area contributed by atoms with E-state index in [4.69, 9.17) is 4.74 Å². The van der Waals surface area contributed by atoms with Crippen molar-refractivity contribution < 1.29 is 9.53 Å². The van der Waals surface area contributed by atoms with Gasteiger partial charge in [-0.15, -0.1) is 0 Å². The fourth-order valence-corrected chi connectivity index (χ4v) is 1.56. The minimum absolute atomic E-state index is 0.0667. The molecule has 2 rings (SSSR count). The second-order valence-electron chi connectivity index (χ2n) is 3.13. The zero-order chi connectivity index (χ0) is 9.42. The lowest BCUT2D eigenvalue weighted by Crippen LogP contribution is -1.95. The summed E-state index contributed by atoms with van der Waals surface area (Å²) in [6.07, 6.45) is 3.38. The molecule has 0 atom stereocenters. The van der Waals surface area contributed by atoms with Crippen LogP contribution in [-0.2, 0) is 0 Å². The molecule has 1 aliphatic rings. The molecule has 0 unspecified atom stereocenters. The second-order valence-corrected chi connectivity index (χ2v) is 3.13. The molecule has 1 aliphatic carbocycles. The van der Waals surface area contributed by atoms with Crippen molar-refractivity contribution in [2.75, 3.05) is 7.11 Å². The number of carbonyl (C=O) groups is 1. The average Bonchev–Trinajstić information content (AvgIpc) is 2.47. The van der Waals surface area contributed by atoms with Crippen LogP contribution in [0.2, 0.25) is 0 Å². The van der Waals surface area contributed by atoms with Crippen LogP contribution < -0.4 is 4.74 Å². The molecule has 1 aromatic carbocycles. The molecular weight excluding hydrogens is 164 g/mol. The van der Waals surface area contributed by atoms with E-state index in [-0.39, 0.29) is 5.78 Å². The van der Waals surface area contributed by atoms with E-state index in [9.17, 15) is 4.79 Å². The molecule has 13 heavy (non-hydrogen) atoms. The molecule has 0 fully saturated rings. The number of ether oxygens (including phenoxy) is 1. The van der Waals surface area contributed by atoms with Crippen LogP contribution in [0.5, 0.6) is 5.75 Å². The molecule has 1 aromatic rings. The average molecular weight is 174 g/mol. The summed E-state index contributed by atoms with van der Waals surface area (Å²) in [5.74, 6) is 0.842. The van der Waals surface area contributed by atoms with E-state index in [0.29, 0.717) is 0 Å². The lowest BCUT2D eigenvalue weighted by Gasteiger charge is -2.06. The first-order valence-corrected chi connectivity index (χ1v) is 4.13. The molecule has 2 heteroatoms. The van der Waals surface area contributed by atoms with Crippen molar-refractivity contribution >= 4 is 11.9 Å². The van der Waals surface area contributed by atoms with Crippen molar-refractivity contribution in [1.29, 1.82) is 0 Å². The smallest absolute Gasteiger partial charge is 0.186 e. The van der Waals surface area contributed by atoms with Crippen LogP contribution in [0, 0.1) is 6.92 Å². The van der Waals surface area contributed by atoms with Crippen LogP contribution in [0.3, 0.4) is 0 Å². The van der Waals surface area contributed by atoms with E-state index >= 15 is 0 Å². The van der Waals surface area contributed by atoms with Crippen LogP contribution in [0.25, 0.3) is 6.08 Å². The normalized spacial score (nSPS) is 13.2. The van der Waals surface area contributed by atoms with E-state index in [1.165, 1.54) is 0 Å². The van der Waals surface area contributed by atoms with Crippen LogP contribution in [0.15, 0.2) is 18.2 Å². The van der Waals surface area contributed by atoms with Crippen LogP contribution in [0.4, 0.5) is 0 Å². The van der Waals surface area contributed by atoms with E-state index in [2.05, 4.69) is 0 Å². The maximum atomic E-state index is 11.3. The van der Waals surface area contributed by atoms with Gasteiger partial charge in [-0.3, -0.25) is 4.79 Å². The Morgan fingerprint density at radius 3 is 2.69 bits per heavy atom. The van der Waals surface area contributed by atoms with Crippen molar-refractivity contribution in [2.45, 2.75) is 6.92 Å². The van der Waals surface area contributed by atoms with Crippen LogP contribution in [-0.4, -0.2) is 12.9 Å². The fraction of sp³-hybridized carbons (Fsp3) is 0.182. The van der Waals surface area contributed by atoms with Gasteiger partial charge in [0.05, 0.1) is 7.11 Å². The number of benzene rings is 1. The minimum atomic E-state index is 0.0667. The van der Waals surface area contributed by atoms with Gasteiger partial charge < -0.3 is 4.74 Å². The first-order valence-electron chi connectivity index (χ1n) is 4.13. The third-order valence-corrected chi connectivity index (χ3v) is 2.17. The summed E-state index contributed by atoms with van der Waals surface area (Å²) >= 11 is 0. The third-order valence-electron chi connectivity index (χ3n) is 2.17. The highest BCUT2D eigenvalue weighted by Crippen LogP contribution is 2.30. The summed E-state index contributed by atoms with van der Waals surface area (Å²) in [5, 5.41) is 0. The van der Waals surface area contributed by atoms with E-state index in [0.717, 1.165) is 22.4 Å². The molecule has 0 amide bonds. The van der Waals surface area contributed by atoms with E-state index in [1.54, 1.807) is 19.3 Å². The summed E-state index contributed by atoms with van der Waals surface area (Å²) in [5.41, 5.74) is 2.70. The molecule has 0 aliphatic heterocycles. The number of aryl methyl sites for hydroxylation is 1. The maximum absolute atomic E-state index is 11.3. The van der Waals surface area contributed by atoms with Crippen molar-refractivity contribution in [3.63, 3.8) is 0 Å². The molecule has 2 nitrogen and oxygen atoms in total. The van der Waals surface area contributed by atoms with Gasteiger partial charge in [0.1, 0.15) is 5.75 Å². The number of rotatable bonds is 1. The van der Waals surface area contributed by atoms with Gasteiger partial charge in [0.15, 0.2) is 5.78 Å². The van der Waals surface area contributed by atoms with Gasteiger partial charge in [-0.05, 0) is 36.8 Å². The molecule has 66 valence electrons. The predicted octanol–water partition coefficient (Wildman–Crippen LogP) is 2.21. The van der Waals surface area contributed by atoms with E-state index < -0.39 is 0 Å². The Kier molecular flexibility index (Phi) is 1.69. The Morgan fingerprint density at radius 2 is 2.00 bits per heavy atom. The number of allylic oxidation sites excluding steroid dienone is 1. The van der Waals surface area contributed by atoms with Gasteiger partial charge in [0.25, 0.3) is 0 Å². The summed E-state index contributed by atoms with van der Waals surface area (Å²) in [6.45, 7) is 1.95. The molecule has 0 radical (unpaired) electrons. The molecule has 0 N–H and O–H groups in total. The molecule has 0 heterocycles. The van der Waals surface area contributed by atoms with E-state index in [1.807, 2.05) is 19.1 Å². The number of methoxy groups -OCH3 is 1. The standard InChI is InChI=1S/C11H10O2/c1-7-5-9-8(3-4-10(9)12)11(6-7)13-2/h3-6H,1-2H3. The molecular formula is C11H10O2. The number of fused-ring (bicyclic) bond motifs is 1. The SMILES string of the molecule is COc1cc(C)cc2c1C=CC2=O. The van der Waals surface area contributed by atoms with Gasteiger partial charge in [0, 0.05) is 11.1 Å². The fourth-order valence-electron chi connectivity index (χ4n) is 1.56. The van der Waals surface area contributed by atoms with Crippen molar-refractivity contribution in [3.8, 4) is 5.75 Å². The highest BCUT2D eigenvalue weighted by molar-refractivity contribution is 6.14. The maximum Gasteiger partial charge on any atom is 0.186 e. The van der Waals surface area contributed by atoms with Gasteiger partial charge in [0.2, 0.25) is 0 Å². The highest BCUT2D eigenvalue weighted by Gasteiger charge is 2.17. The first kappa shape index (κ1) is 8.05. The van der Waals surface area contributed by atoms with Gasteiger partial charge in [-0.2, -0.15) is 0 Å². The summed E-state index contributed by atoms with van der Waals surface area (Å²) in [6, 6.07) is 3.82. The second kappa shape index (κ2) is 2.73. The number of hydrogen-bond donors (Lipinski definition) is 0. The number of carbonyl (C=O) groups excluding carboxylic acids is 1. The topological polar surface area (TPSA) is 26.3 Å². The summed E-state index contributed by atoms with van der Waals surface area (Å²) < 4.78 is 5.18. The predicted molar refractivity (Wildman–Crippen MR) is 51.1 cm³/mol. The zero-order valence-electron chi connectivity index (χ0n) is 7.63. The molecule has 0 spiro atoms. The van der Waals surface area contributed by atoms with Crippen LogP contribution >= 0.6 is 0 Å². The Bertz CT molecular complexity index is 403. The Labute approximate surface area is 76.8 Å². The largest absolute Gasteiger partial charge is 0.496 e. The van der Waals surface area contributed by atoms with Gasteiger partial charge in [-0.25, -0.2) is 0 Å². The molecule has 0 saturated heterocycles. The van der Waals surface area contributed by atoms with Gasteiger partial charge >= 0.3 is 0 Å². The summed E-state index contributed by atoms with van der Waals surface area (Å²) in [4.78, 5) is 11.3. The number of hydrogen-bond acceptors (Lipinski definition) is 2. The minimum Gasteiger partial charge on any atom is -0.496 e. The monoisotopic (exact) mass is 174 g/mol. The Balaban J connectivity index is 2.68. The molecule has 0 bridgehead atoms. The van der Waals surface area contributed by atoms with Crippen molar-refractivity contribution in [1.82, 2.24) is 0 Å². The first-order chi connectivity index (χ1) is 6.22. The van der Waals surface area contributed by atoms with Crippen molar-refractivity contribution in [2.24, 2.45) is 0 Å². The lowest BCUT2D eigenvalue weighted by atomic mass is 10.1. The summed E-state index contributed by atoms with van der Waals surface area (Å²) in [7, 11) is 1.62. The lowest BCUT2D eigenvalue weighted by molar-refractivity contribution is 0.105. The Hall–Kier alpha value is -1.57. The number of ketones is 1. The quantitative estimate of drug-likeness (QED) is 0.652. The van der Waals surface area contributed by atoms with Crippen LogP contribution in [0.1, 0.15) is 21.5 Å². The highest BCUT2D eigenvalue weighted by atomic mass is 16.5. The Morgan fingerprint density at radius 1 is 1.23 bits per heavy atom. The zero-order valence-corrected chi connectivity index (χ0v) is 7.63. The molecule has 0 saturated carbocycles. The molecule has 0 aromatic heterocycles. The third kappa shape index (κ3) is 1.15.